The summed E-state index contributed by atoms with van der Waals surface area (Å²) in [6.07, 6.45) is 1.66. The summed E-state index contributed by atoms with van der Waals surface area (Å²) in [4.78, 5) is 14.6. The maximum Gasteiger partial charge on any atom is 0.247 e. The van der Waals surface area contributed by atoms with Gasteiger partial charge in [0.25, 0.3) is 0 Å². The van der Waals surface area contributed by atoms with E-state index in [1.807, 2.05) is 42.5 Å². The molecule has 1 aliphatic rings. The first-order chi connectivity index (χ1) is 13.1. The molecule has 1 fully saturated rings. The van der Waals surface area contributed by atoms with Crippen molar-refractivity contribution in [2.45, 2.75) is 7.43 Å². The first-order valence-corrected chi connectivity index (χ1v) is 9.07. The summed E-state index contributed by atoms with van der Waals surface area (Å²) in [6, 6.07) is 13.0. The Labute approximate surface area is 171 Å². The number of amides is 1. The van der Waals surface area contributed by atoms with E-state index < -0.39 is 0 Å². The van der Waals surface area contributed by atoms with E-state index in [0.29, 0.717) is 42.8 Å². The van der Waals surface area contributed by atoms with E-state index >= 15 is 0 Å². The summed E-state index contributed by atoms with van der Waals surface area (Å²) in [7, 11) is 3.18. The van der Waals surface area contributed by atoms with Crippen LogP contribution in [0.5, 0.6) is 11.5 Å². The zero-order valence-electron chi connectivity index (χ0n) is 15.4. The van der Waals surface area contributed by atoms with Crippen LogP contribution in [0.1, 0.15) is 18.6 Å². The number of carbonyl (C=O) groups excluding carboxylic acids is 1. The number of hydrogen-bond acceptors (Lipinski definition) is 4. The van der Waals surface area contributed by atoms with Crippen LogP contribution in [-0.2, 0) is 9.53 Å². The van der Waals surface area contributed by atoms with Gasteiger partial charge < -0.3 is 19.1 Å². The highest BCUT2D eigenvalue weighted by molar-refractivity contribution is 6.30. The molecule has 0 radical (unpaired) electrons. The van der Waals surface area contributed by atoms with Crippen LogP contribution < -0.4 is 9.47 Å². The molecule has 0 bridgehead atoms. The van der Waals surface area contributed by atoms with E-state index in [9.17, 15) is 4.79 Å². The molecule has 0 saturated carbocycles. The highest BCUT2D eigenvalue weighted by Crippen LogP contribution is 2.33. The number of carbonyl (C=O) groups is 1. The number of halogens is 1. The summed E-state index contributed by atoms with van der Waals surface area (Å²) >= 11 is 6.03. The number of hydrogen-bond donors (Lipinski definition) is 0. The molecule has 150 valence electrons. The van der Waals surface area contributed by atoms with Gasteiger partial charge in [0.05, 0.1) is 27.4 Å². The van der Waals surface area contributed by atoms with Crippen LogP contribution in [-0.4, -0.2) is 51.3 Å². The lowest BCUT2D eigenvalue weighted by molar-refractivity contribution is -0.129. The second-order valence-corrected chi connectivity index (χ2v) is 6.51. The molecule has 1 amide bonds. The van der Waals surface area contributed by atoms with Crippen LogP contribution in [0.4, 0.5) is 0 Å². The normalized spacial score (nSPS) is 14.2. The lowest BCUT2D eigenvalue weighted by atomic mass is 9.96. The lowest BCUT2D eigenvalue weighted by Crippen LogP contribution is -2.39. The minimum Gasteiger partial charge on any atom is -0.493 e. The van der Waals surface area contributed by atoms with Gasteiger partial charge in [-0.1, -0.05) is 37.2 Å². The van der Waals surface area contributed by atoms with Crippen LogP contribution in [0, 0.1) is 0 Å². The maximum atomic E-state index is 12.8. The Hall–Kier alpha value is -2.50. The van der Waals surface area contributed by atoms with Crippen LogP contribution in [0.2, 0.25) is 5.02 Å². The summed E-state index contributed by atoms with van der Waals surface area (Å²) in [5.74, 6) is 1.20. The third kappa shape index (κ3) is 5.06. The fraction of sp³-hybridized carbons (Fsp3) is 0.318. The van der Waals surface area contributed by atoms with Crippen molar-refractivity contribution in [1.29, 1.82) is 0 Å². The van der Waals surface area contributed by atoms with Gasteiger partial charge in [-0.15, -0.1) is 0 Å². The Bertz CT molecular complexity index is 827. The van der Waals surface area contributed by atoms with E-state index in [4.69, 9.17) is 25.8 Å². The van der Waals surface area contributed by atoms with Gasteiger partial charge in [-0.05, 0) is 41.0 Å². The molecule has 5 nitrogen and oxygen atoms in total. The van der Waals surface area contributed by atoms with Gasteiger partial charge in [0.15, 0.2) is 11.5 Å². The minimum atomic E-state index is -0.0435. The maximum absolute atomic E-state index is 12.8. The smallest absolute Gasteiger partial charge is 0.247 e. The average molecular weight is 404 g/mol. The molecular formula is C22H26ClNO4. The van der Waals surface area contributed by atoms with E-state index in [0.717, 1.165) is 16.7 Å². The summed E-state index contributed by atoms with van der Waals surface area (Å²) < 4.78 is 16.1. The Morgan fingerprint density at radius 2 is 1.61 bits per heavy atom. The molecule has 3 rings (SSSR count). The molecule has 2 aromatic rings. The van der Waals surface area contributed by atoms with E-state index in [2.05, 4.69) is 0 Å². The predicted octanol–water partition coefficient (Wildman–Crippen LogP) is 4.28. The van der Waals surface area contributed by atoms with Crippen LogP contribution in [0.25, 0.3) is 5.57 Å². The third-order valence-corrected chi connectivity index (χ3v) is 4.69. The molecule has 0 unspecified atom stereocenters. The number of morpholine rings is 1. The van der Waals surface area contributed by atoms with Crippen molar-refractivity contribution in [3.63, 3.8) is 0 Å². The molecule has 0 spiro atoms. The Kier molecular flexibility index (Phi) is 7.91. The molecule has 0 aromatic heterocycles. The molecule has 28 heavy (non-hydrogen) atoms. The summed E-state index contributed by atoms with van der Waals surface area (Å²) in [6.45, 7) is 2.31. The number of ether oxygens (including phenoxy) is 3. The Morgan fingerprint density at radius 3 is 2.21 bits per heavy atom. The van der Waals surface area contributed by atoms with Crippen molar-refractivity contribution in [2.75, 3.05) is 40.5 Å². The van der Waals surface area contributed by atoms with Crippen molar-refractivity contribution in [3.05, 3.63) is 64.7 Å². The predicted molar refractivity (Wildman–Crippen MR) is 112 cm³/mol. The molecular weight excluding hydrogens is 378 g/mol. The average Bonchev–Trinajstić information content (AvgIpc) is 2.72. The van der Waals surface area contributed by atoms with Crippen LogP contribution in [0.15, 0.2) is 48.5 Å². The number of benzene rings is 2. The molecule has 0 atom stereocenters. The quantitative estimate of drug-likeness (QED) is 0.699. The highest BCUT2D eigenvalue weighted by Gasteiger charge is 2.17. The Morgan fingerprint density at radius 1 is 1.00 bits per heavy atom. The first-order valence-electron chi connectivity index (χ1n) is 8.69. The van der Waals surface area contributed by atoms with Gasteiger partial charge in [-0.2, -0.15) is 0 Å². The number of nitrogens with zero attached hydrogens (tertiary/aromatic N) is 1. The minimum absolute atomic E-state index is 0. The fourth-order valence-electron chi connectivity index (χ4n) is 2.97. The summed E-state index contributed by atoms with van der Waals surface area (Å²) in [5.41, 5.74) is 2.55. The third-order valence-electron chi connectivity index (χ3n) is 4.44. The Balaban J connectivity index is 0.00000280. The second-order valence-electron chi connectivity index (χ2n) is 6.07. The molecule has 1 aliphatic heterocycles. The number of methoxy groups -OCH3 is 2. The van der Waals surface area contributed by atoms with Crippen LogP contribution >= 0.6 is 11.6 Å². The number of rotatable bonds is 5. The van der Waals surface area contributed by atoms with Gasteiger partial charge in [0, 0.05) is 24.2 Å². The van der Waals surface area contributed by atoms with Crippen molar-refractivity contribution in [2.24, 2.45) is 0 Å². The van der Waals surface area contributed by atoms with E-state index in [-0.39, 0.29) is 13.3 Å². The van der Waals surface area contributed by atoms with Gasteiger partial charge in [0.2, 0.25) is 5.91 Å². The topological polar surface area (TPSA) is 48.0 Å². The second kappa shape index (κ2) is 10.2. The van der Waals surface area contributed by atoms with Gasteiger partial charge in [-0.3, -0.25) is 4.79 Å². The van der Waals surface area contributed by atoms with Crippen LogP contribution in [0.3, 0.4) is 0 Å². The van der Waals surface area contributed by atoms with Gasteiger partial charge in [0.1, 0.15) is 0 Å². The SMILES string of the molecule is C.COc1ccc(/C(=C/C(=O)N2CCOCC2)c2ccc(Cl)cc2)cc1OC. The molecule has 2 aromatic carbocycles. The zero-order chi connectivity index (χ0) is 19.2. The first kappa shape index (κ1) is 21.8. The van der Waals surface area contributed by atoms with Gasteiger partial charge >= 0.3 is 0 Å². The molecule has 1 saturated heterocycles. The monoisotopic (exact) mass is 403 g/mol. The lowest BCUT2D eigenvalue weighted by Gasteiger charge is -2.26. The van der Waals surface area contributed by atoms with E-state index in [1.54, 1.807) is 25.2 Å². The standard InChI is InChI=1S/C21H22ClNO4.CH4/c1-25-19-8-5-16(13-20(19)26-2)18(15-3-6-17(22)7-4-15)14-21(24)23-9-11-27-12-10-23;/h3-8,13-14H,9-12H2,1-2H3;1H4/b18-14+;. The molecule has 1 heterocycles. The summed E-state index contributed by atoms with van der Waals surface area (Å²) in [5, 5.41) is 0.643. The highest BCUT2D eigenvalue weighted by atomic mass is 35.5. The zero-order valence-corrected chi connectivity index (χ0v) is 16.2. The van der Waals surface area contributed by atoms with Crippen molar-refractivity contribution >= 4 is 23.1 Å². The van der Waals surface area contributed by atoms with Crippen molar-refractivity contribution < 1.29 is 19.0 Å². The van der Waals surface area contributed by atoms with E-state index in [1.165, 1.54) is 0 Å². The van der Waals surface area contributed by atoms with Crippen molar-refractivity contribution in [1.82, 2.24) is 4.90 Å². The fourth-order valence-corrected chi connectivity index (χ4v) is 3.09. The van der Waals surface area contributed by atoms with Gasteiger partial charge in [-0.25, -0.2) is 0 Å². The van der Waals surface area contributed by atoms with Crippen molar-refractivity contribution in [3.8, 4) is 11.5 Å². The molecule has 0 aliphatic carbocycles. The molecule has 6 heteroatoms. The largest absolute Gasteiger partial charge is 0.493 e. The molecule has 0 N–H and O–H groups in total.